The highest BCUT2D eigenvalue weighted by Gasteiger charge is 2.36. The maximum absolute atomic E-state index is 12.7. The van der Waals surface area contributed by atoms with Crippen molar-refractivity contribution in [3.63, 3.8) is 0 Å². The number of carbonyl (C=O) groups excluding carboxylic acids is 2. The van der Waals surface area contributed by atoms with Crippen LogP contribution in [0.3, 0.4) is 0 Å². The maximum Gasteiger partial charge on any atom is 0.259 e. The minimum atomic E-state index is -0.631. The predicted molar refractivity (Wildman–Crippen MR) is 107 cm³/mol. The Balaban J connectivity index is 1.86. The van der Waals surface area contributed by atoms with Crippen LogP contribution in [0.1, 0.15) is 24.2 Å². The van der Waals surface area contributed by atoms with Crippen molar-refractivity contribution in [2.24, 2.45) is 5.41 Å². The molecule has 0 saturated carbocycles. The van der Waals surface area contributed by atoms with Gasteiger partial charge in [0.25, 0.3) is 5.91 Å². The van der Waals surface area contributed by atoms with E-state index >= 15 is 0 Å². The van der Waals surface area contributed by atoms with Gasteiger partial charge in [-0.3, -0.25) is 9.59 Å². The van der Waals surface area contributed by atoms with Crippen LogP contribution in [0.2, 0.25) is 0 Å². The van der Waals surface area contributed by atoms with Crippen molar-refractivity contribution in [1.82, 2.24) is 0 Å². The average molecular weight is 384 g/mol. The molecule has 0 unspecified atom stereocenters. The molecule has 7 heteroatoms. The van der Waals surface area contributed by atoms with Crippen molar-refractivity contribution >= 4 is 23.2 Å². The number of benzene rings is 2. The van der Waals surface area contributed by atoms with Crippen molar-refractivity contribution in [2.45, 2.75) is 13.8 Å². The van der Waals surface area contributed by atoms with E-state index in [1.807, 2.05) is 13.8 Å². The molecule has 1 aliphatic rings. The van der Waals surface area contributed by atoms with E-state index < -0.39 is 5.41 Å². The molecule has 0 aromatic heterocycles. The van der Waals surface area contributed by atoms with Crippen LogP contribution in [0.4, 0.5) is 11.4 Å². The van der Waals surface area contributed by atoms with Gasteiger partial charge in [-0.25, -0.2) is 0 Å². The van der Waals surface area contributed by atoms with Gasteiger partial charge in [0.2, 0.25) is 5.91 Å². The summed E-state index contributed by atoms with van der Waals surface area (Å²) in [6, 6.07) is 10.2. The van der Waals surface area contributed by atoms with Gasteiger partial charge in [0.1, 0.15) is 23.9 Å². The lowest BCUT2D eigenvalue weighted by Crippen LogP contribution is -2.39. The van der Waals surface area contributed by atoms with Gasteiger partial charge in [0.15, 0.2) is 0 Å². The number of rotatable bonds is 4. The van der Waals surface area contributed by atoms with E-state index in [1.165, 1.54) is 7.11 Å². The molecule has 0 radical (unpaired) electrons. The molecule has 0 aliphatic carbocycles. The minimum absolute atomic E-state index is 0.0222. The summed E-state index contributed by atoms with van der Waals surface area (Å²) in [5.74, 6) is 1.21. The van der Waals surface area contributed by atoms with E-state index in [1.54, 1.807) is 55.5 Å². The smallest absolute Gasteiger partial charge is 0.259 e. The number of hydrogen-bond donors (Lipinski definition) is 1. The standard InChI is InChI=1S/C21H24N2O5/c1-21(2)12-28-18-10-13(6-9-16(18)23(3)20(21)25)22-19(24)15-8-7-14(26-4)11-17(15)27-5/h6-11H,12H2,1-5H3,(H,22,24). The van der Waals surface area contributed by atoms with Crippen molar-refractivity contribution in [3.8, 4) is 17.2 Å². The maximum atomic E-state index is 12.7. The number of nitrogens with one attached hydrogen (secondary N) is 1. The third-order valence-electron chi connectivity index (χ3n) is 4.70. The van der Waals surface area contributed by atoms with E-state index in [9.17, 15) is 9.59 Å². The Morgan fingerprint density at radius 3 is 2.57 bits per heavy atom. The highest BCUT2D eigenvalue weighted by molar-refractivity contribution is 6.07. The zero-order chi connectivity index (χ0) is 20.5. The fraction of sp³-hybridized carbons (Fsp3) is 0.333. The first-order valence-corrected chi connectivity index (χ1v) is 8.85. The molecule has 1 aliphatic heterocycles. The lowest BCUT2D eigenvalue weighted by Gasteiger charge is -2.24. The quantitative estimate of drug-likeness (QED) is 0.875. The summed E-state index contributed by atoms with van der Waals surface area (Å²) in [4.78, 5) is 26.8. The Morgan fingerprint density at radius 1 is 1.14 bits per heavy atom. The molecule has 2 aromatic rings. The van der Waals surface area contributed by atoms with Crippen LogP contribution < -0.4 is 24.4 Å². The third-order valence-corrected chi connectivity index (χ3v) is 4.70. The van der Waals surface area contributed by atoms with Crippen molar-refractivity contribution in [3.05, 3.63) is 42.0 Å². The fourth-order valence-corrected chi connectivity index (χ4v) is 3.05. The van der Waals surface area contributed by atoms with Crippen LogP contribution >= 0.6 is 0 Å². The van der Waals surface area contributed by atoms with Crippen molar-refractivity contribution < 1.29 is 23.8 Å². The minimum Gasteiger partial charge on any atom is -0.497 e. The number of nitrogens with zero attached hydrogens (tertiary/aromatic N) is 1. The predicted octanol–water partition coefficient (Wildman–Crippen LogP) is 3.34. The Hall–Kier alpha value is -3.22. The second-order valence-electron chi connectivity index (χ2n) is 7.24. The van der Waals surface area contributed by atoms with Crippen LogP contribution in [0.25, 0.3) is 0 Å². The van der Waals surface area contributed by atoms with Gasteiger partial charge in [0, 0.05) is 24.9 Å². The van der Waals surface area contributed by atoms with Crippen LogP contribution in [0.5, 0.6) is 17.2 Å². The van der Waals surface area contributed by atoms with Crippen LogP contribution in [-0.2, 0) is 4.79 Å². The molecule has 1 N–H and O–H groups in total. The molecule has 2 amide bonds. The molecule has 0 atom stereocenters. The number of amides is 2. The van der Waals surface area contributed by atoms with Gasteiger partial charge in [0.05, 0.1) is 30.9 Å². The Bertz CT molecular complexity index is 923. The first kappa shape index (κ1) is 19.5. The number of anilines is 2. The molecule has 1 heterocycles. The Morgan fingerprint density at radius 2 is 1.89 bits per heavy atom. The molecule has 0 spiro atoms. The van der Waals surface area contributed by atoms with E-state index in [4.69, 9.17) is 14.2 Å². The molecule has 0 saturated heterocycles. The Labute approximate surface area is 164 Å². The molecule has 28 heavy (non-hydrogen) atoms. The summed E-state index contributed by atoms with van der Waals surface area (Å²) < 4.78 is 16.3. The van der Waals surface area contributed by atoms with Gasteiger partial charge in [-0.15, -0.1) is 0 Å². The number of ether oxygens (including phenoxy) is 3. The first-order chi connectivity index (χ1) is 13.3. The first-order valence-electron chi connectivity index (χ1n) is 8.85. The number of carbonyl (C=O) groups is 2. The molecule has 7 nitrogen and oxygen atoms in total. The molecule has 0 fully saturated rings. The summed E-state index contributed by atoms with van der Waals surface area (Å²) in [6.07, 6.45) is 0. The van der Waals surface area contributed by atoms with Crippen LogP contribution in [-0.4, -0.2) is 39.7 Å². The summed E-state index contributed by atoms with van der Waals surface area (Å²) in [5, 5.41) is 2.84. The molecule has 2 aromatic carbocycles. The molecule has 3 rings (SSSR count). The van der Waals surface area contributed by atoms with Crippen molar-refractivity contribution in [1.29, 1.82) is 0 Å². The van der Waals surface area contributed by atoms with E-state index in [2.05, 4.69) is 5.32 Å². The van der Waals surface area contributed by atoms with Crippen molar-refractivity contribution in [2.75, 3.05) is 38.1 Å². The zero-order valence-electron chi connectivity index (χ0n) is 16.7. The van der Waals surface area contributed by atoms with Gasteiger partial charge in [-0.2, -0.15) is 0 Å². The monoisotopic (exact) mass is 384 g/mol. The number of fused-ring (bicyclic) bond motifs is 1. The second kappa shape index (κ2) is 7.42. The van der Waals surface area contributed by atoms with E-state index in [0.29, 0.717) is 34.2 Å². The fourth-order valence-electron chi connectivity index (χ4n) is 3.05. The highest BCUT2D eigenvalue weighted by Crippen LogP contribution is 2.37. The largest absolute Gasteiger partial charge is 0.497 e. The molecule has 148 valence electrons. The highest BCUT2D eigenvalue weighted by atomic mass is 16.5. The summed E-state index contributed by atoms with van der Waals surface area (Å²) in [7, 11) is 4.77. The van der Waals surface area contributed by atoms with Gasteiger partial charge in [-0.05, 0) is 38.1 Å². The third kappa shape index (κ3) is 3.60. The zero-order valence-corrected chi connectivity index (χ0v) is 16.7. The van der Waals surface area contributed by atoms with Crippen LogP contribution in [0, 0.1) is 5.41 Å². The molecular weight excluding hydrogens is 360 g/mol. The Kier molecular flexibility index (Phi) is 5.18. The SMILES string of the molecule is COc1ccc(C(=O)Nc2ccc3c(c2)OCC(C)(C)C(=O)N3C)c(OC)c1. The van der Waals surface area contributed by atoms with E-state index in [0.717, 1.165) is 0 Å². The summed E-state index contributed by atoms with van der Waals surface area (Å²) in [5.41, 5.74) is 0.971. The van der Waals surface area contributed by atoms with Gasteiger partial charge in [-0.1, -0.05) is 0 Å². The second-order valence-corrected chi connectivity index (χ2v) is 7.24. The summed E-state index contributed by atoms with van der Waals surface area (Å²) in [6.45, 7) is 3.94. The average Bonchev–Trinajstić information content (AvgIpc) is 2.77. The number of hydrogen-bond acceptors (Lipinski definition) is 5. The lowest BCUT2D eigenvalue weighted by molar-refractivity contribution is -0.127. The van der Waals surface area contributed by atoms with Gasteiger partial charge < -0.3 is 24.4 Å². The van der Waals surface area contributed by atoms with Crippen LogP contribution in [0.15, 0.2) is 36.4 Å². The van der Waals surface area contributed by atoms with Gasteiger partial charge >= 0.3 is 0 Å². The topological polar surface area (TPSA) is 77.1 Å². The molecular formula is C21H24N2O5. The summed E-state index contributed by atoms with van der Waals surface area (Å²) >= 11 is 0. The molecule has 0 bridgehead atoms. The van der Waals surface area contributed by atoms with E-state index in [-0.39, 0.29) is 18.4 Å². The lowest BCUT2D eigenvalue weighted by atomic mass is 9.93. The normalized spacial score (nSPS) is 15.2. The number of methoxy groups -OCH3 is 2.